The third kappa shape index (κ3) is 5.25. The maximum Gasteiger partial charge on any atom is 0.407 e. The number of fused-ring (bicyclic) bond motifs is 1. The summed E-state index contributed by atoms with van der Waals surface area (Å²) in [4.78, 5) is 21.1. The summed E-state index contributed by atoms with van der Waals surface area (Å²) in [7, 11) is 0. The minimum atomic E-state index is -0.512. The molecular formula is C22H27ClN6O2. The van der Waals surface area contributed by atoms with Crippen molar-refractivity contribution in [3.8, 4) is 11.3 Å². The van der Waals surface area contributed by atoms with E-state index < -0.39 is 5.60 Å². The summed E-state index contributed by atoms with van der Waals surface area (Å²) >= 11 is 6.41. The van der Waals surface area contributed by atoms with Gasteiger partial charge in [0, 0.05) is 23.8 Å². The van der Waals surface area contributed by atoms with Crippen molar-refractivity contribution in [2.24, 2.45) is 0 Å². The summed E-state index contributed by atoms with van der Waals surface area (Å²) in [5.41, 5.74) is 1.90. The molecule has 9 heteroatoms. The molecule has 2 N–H and O–H groups in total. The van der Waals surface area contributed by atoms with Gasteiger partial charge in [-0.2, -0.15) is 5.10 Å². The molecule has 0 radical (unpaired) electrons. The van der Waals surface area contributed by atoms with Crippen molar-refractivity contribution in [1.82, 2.24) is 24.9 Å². The van der Waals surface area contributed by atoms with Gasteiger partial charge in [0.2, 0.25) is 5.95 Å². The van der Waals surface area contributed by atoms with E-state index in [1.165, 1.54) is 0 Å². The van der Waals surface area contributed by atoms with Crippen molar-refractivity contribution in [2.75, 3.05) is 5.32 Å². The molecule has 3 aromatic heterocycles. The number of halogens is 1. The molecule has 31 heavy (non-hydrogen) atoms. The molecule has 0 spiro atoms. The van der Waals surface area contributed by atoms with E-state index in [1.807, 2.05) is 45.2 Å². The Morgan fingerprint density at radius 2 is 2.03 bits per heavy atom. The number of ether oxygens (including phenoxy) is 1. The first-order valence-electron chi connectivity index (χ1n) is 10.5. The summed E-state index contributed by atoms with van der Waals surface area (Å²) in [6.45, 7) is 5.58. The molecule has 0 aliphatic heterocycles. The molecule has 1 fully saturated rings. The van der Waals surface area contributed by atoms with Crippen molar-refractivity contribution >= 4 is 29.2 Å². The van der Waals surface area contributed by atoms with Gasteiger partial charge in [0.25, 0.3) is 0 Å². The highest BCUT2D eigenvalue weighted by Gasteiger charge is 2.26. The molecule has 8 nitrogen and oxygen atoms in total. The maximum atomic E-state index is 12.1. The molecule has 1 saturated carbocycles. The standard InChI is InChI=1S/C22H27ClN6O2/c1-22(2,3)31-21(30)27-15-8-6-7-14(11-15)26-20-24-13-17(23)19(28-20)16-12-25-29-10-5-4-9-18(16)29/h4-5,9-10,12-15H,6-8,11H2,1-3H3,(H,27,30)(H,24,26,28)/t14-,15+/m1/s1. The average molecular weight is 443 g/mol. The second kappa shape index (κ2) is 8.70. The van der Waals surface area contributed by atoms with Crippen molar-refractivity contribution in [2.45, 2.75) is 64.1 Å². The minimum Gasteiger partial charge on any atom is -0.444 e. The number of pyridine rings is 1. The van der Waals surface area contributed by atoms with Gasteiger partial charge < -0.3 is 15.4 Å². The lowest BCUT2D eigenvalue weighted by molar-refractivity contribution is 0.0492. The van der Waals surface area contributed by atoms with Crippen molar-refractivity contribution < 1.29 is 9.53 Å². The molecule has 0 aromatic carbocycles. The van der Waals surface area contributed by atoms with E-state index in [-0.39, 0.29) is 18.2 Å². The van der Waals surface area contributed by atoms with Crippen LogP contribution in [-0.2, 0) is 4.74 Å². The smallest absolute Gasteiger partial charge is 0.407 e. The first-order chi connectivity index (χ1) is 14.8. The number of aromatic nitrogens is 4. The van der Waals surface area contributed by atoms with E-state index in [4.69, 9.17) is 16.3 Å². The molecule has 0 bridgehead atoms. The zero-order chi connectivity index (χ0) is 22.0. The van der Waals surface area contributed by atoms with Crippen LogP contribution in [0.3, 0.4) is 0 Å². The molecule has 1 amide bonds. The lowest BCUT2D eigenvalue weighted by Crippen LogP contribution is -2.44. The Hall–Kier alpha value is -2.87. The fraction of sp³-hybridized carbons (Fsp3) is 0.455. The summed E-state index contributed by atoms with van der Waals surface area (Å²) in [6, 6.07) is 6.04. The summed E-state index contributed by atoms with van der Waals surface area (Å²) in [6.07, 6.45) is 8.54. The molecule has 3 heterocycles. The van der Waals surface area contributed by atoms with Crippen LogP contribution >= 0.6 is 11.6 Å². The predicted molar refractivity (Wildman–Crippen MR) is 120 cm³/mol. The van der Waals surface area contributed by atoms with E-state index in [0.717, 1.165) is 36.8 Å². The number of amides is 1. The molecule has 164 valence electrons. The summed E-state index contributed by atoms with van der Waals surface area (Å²) in [5.74, 6) is 0.512. The average Bonchev–Trinajstić information content (AvgIpc) is 3.12. The van der Waals surface area contributed by atoms with Crippen LogP contribution in [0.1, 0.15) is 46.5 Å². The second-order valence-electron chi connectivity index (χ2n) is 8.83. The Bertz CT molecular complexity index is 1080. The number of nitrogens with one attached hydrogen (secondary N) is 2. The first kappa shape index (κ1) is 21.4. The fourth-order valence-corrected chi connectivity index (χ4v) is 4.04. The number of hydrogen-bond donors (Lipinski definition) is 2. The van der Waals surface area contributed by atoms with Gasteiger partial charge in [-0.1, -0.05) is 17.7 Å². The highest BCUT2D eigenvalue weighted by atomic mass is 35.5. The lowest BCUT2D eigenvalue weighted by atomic mass is 9.91. The molecule has 0 saturated heterocycles. The van der Waals surface area contributed by atoms with Gasteiger partial charge in [0.05, 0.1) is 28.6 Å². The van der Waals surface area contributed by atoms with Crippen molar-refractivity contribution in [3.63, 3.8) is 0 Å². The van der Waals surface area contributed by atoms with Crippen molar-refractivity contribution in [3.05, 3.63) is 41.8 Å². The topological polar surface area (TPSA) is 93.4 Å². The van der Waals surface area contributed by atoms with Crippen LogP contribution in [-0.4, -0.2) is 43.4 Å². The second-order valence-corrected chi connectivity index (χ2v) is 9.24. The highest BCUT2D eigenvalue weighted by Crippen LogP contribution is 2.30. The minimum absolute atomic E-state index is 0.0486. The summed E-state index contributed by atoms with van der Waals surface area (Å²) in [5, 5.41) is 11.2. The first-order valence-corrected chi connectivity index (χ1v) is 10.9. The Kier molecular flexibility index (Phi) is 6.00. The lowest BCUT2D eigenvalue weighted by Gasteiger charge is -2.31. The van der Waals surface area contributed by atoms with Gasteiger partial charge in [-0.3, -0.25) is 0 Å². The van der Waals surface area contributed by atoms with Gasteiger partial charge >= 0.3 is 6.09 Å². The Morgan fingerprint density at radius 1 is 1.23 bits per heavy atom. The molecular weight excluding hydrogens is 416 g/mol. The van der Waals surface area contributed by atoms with Gasteiger partial charge in [0.1, 0.15) is 5.60 Å². The van der Waals surface area contributed by atoms with E-state index >= 15 is 0 Å². The zero-order valence-electron chi connectivity index (χ0n) is 17.9. The fourth-order valence-electron chi connectivity index (χ4n) is 3.85. The molecule has 1 aliphatic rings. The van der Waals surface area contributed by atoms with E-state index in [9.17, 15) is 4.79 Å². The molecule has 1 aliphatic carbocycles. The van der Waals surface area contributed by atoms with Crippen molar-refractivity contribution in [1.29, 1.82) is 0 Å². The Labute approximate surface area is 186 Å². The number of carbonyl (C=O) groups excluding carboxylic acids is 1. The third-order valence-corrected chi connectivity index (χ3v) is 5.43. The quantitative estimate of drug-likeness (QED) is 0.608. The van der Waals surface area contributed by atoms with Gasteiger partial charge in [0.15, 0.2) is 0 Å². The van der Waals surface area contributed by atoms with Crippen LogP contribution in [0.2, 0.25) is 5.02 Å². The van der Waals surface area contributed by atoms with Gasteiger partial charge in [-0.25, -0.2) is 19.3 Å². The number of alkyl carbamates (subject to hydrolysis) is 1. The van der Waals surface area contributed by atoms with E-state index in [1.54, 1.807) is 16.9 Å². The van der Waals surface area contributed by atoms with Crippen LogP contribution in [0.5, 0.6) is 0 Å². The van der Waals surface area contributed by atoms with E-state index in [2.05, 4.69) is 25.7 Å². The zero-order valence-corrected chi connectivity index (χ0v) is 18.7. The monoisotopic (exact) mass is 442 g/mol. The molecule has 4 rings (SSSR count). The van der Waals surface area contributed by atoms with Gasteiger partial charge in [-0.05, 0) is 58.6 Å². The van der Waals surface area contributed by atoms with Crippen LogP contribution < -0.4 is 10.6 Å². The maximum absolute atomic E-state index is 12.1. The SMILES string of the molecule is CC(C)(C)OC(=O)N[C@H]1CCC[C@@H](Nc2ncc(Cl)c(-c3cnn4ccccc34)n2)C1. The number of anilines is 1. The number of hydrogen-bond acceptors (Lipinski definition) is 6. The number of carbonyl (C=O) groups is 1. The van der Waals surface area contributed by atoms with Crippen LogP contribution in [0.25, 0.3) is 16.8 Å². The highest BCUT2D eigenvalue weighted by molar-refractivity contribution is 6.33. The normalized spacial score (nSPS) is 19.2. The molecule has 0 unspecified atom stereocenters. The summed E-state index contributed by atoms with van der Waals surface area (Å²) < 4.78 is 7.17. The molecule has 2 atom stereocenters. The largest absolute Gasteiger partial charge is 0.444 e. The van der Waals surface area contributed by atoms with Gasteiger partial charge in [-0.15, -0.1) is 0 Å². The third-order valence-electron chi connectivity index (χ3n) is 5.15. The van der Waals surface area contributed by atoms with Crippen LogP contribution in [0.15, 0.2) is 36.8 Å². The number of rotatable bonds is 4. The van der Waals surface area contributed by atoms with Crippen LogP contribution in [0, 0.1) is 0 Å². The van der Waals surface area contributed by atoms with E-state index in [0.29, 0.717) is 16.7 Å². The van der Waals surface area contributed by atoms with Crippen LogP contribution in [0.4, 0.5) is 10.7 Å². The molecule has 3 aromatic rings. The predicted octanol–water partition coefficient (Wildman–Crippen LogP) is 4.69. The number of nitrogens with zero attached hydrogens (tertiary/aromatic N) is 4. The Balaban J connectivity index is 1.46. The Morgan fingerprint density at radius 3 is 2.84 bits per heavy atom.